The molecule has 1 aromatic carbocycles. The minimum absolute atomic E-state index is 0.128. The Kier molecular flexibility index (Phi) is 6.24. The fourth-order valence-electron chi connectivity index (χ4n) is 3.61. The van der Waals surface area contributed by atoms with E-state index in [1.54, 1.807) is 12.1 Å². The van der Waals surface area contributed by atoms with Crippen molar-refractivity contribution < 1.29 is 9.18 Å². The number of nitrogens with one attached hydrogen (secondary N) is 1. The Morgan fingerprint density at radius 1 is 0.960 bits per heavy atom. The number of benzene rings is 1. The molecule has 2 aliphatic heterocycles. The monoisotopic (exact) mass is 363 g/mol. The molecule has 2 fully saturated rings. The molecule has 0 bridgehead atoms. The van der Waals surface area contributed by atoms with E-state index in [0.717, 1.165) is 57.5 Å². The molecule has 0 spiro atoms. The Bertz CT molecular complexity index is 591. The number of piperidine rings is 1. The maximum Gasteiger partial charge on any atom is 0.225 e. The van der Waals surface area contributed by atoms with E-state index in [0.29, 0.717) is 11.0 Å². The van der Waals surface area contributed by atoms with E-state index in [1.807, 2.05) is 0 Å². The Balaban J connectivity index is 1.48. The Morgan fingerprint density at radius 3 is 2.16 bits per heavy atom. The fraction of sp³-hybridized carbons (Fsp3) is 0.579. The molecule has 0 saturated carbocycles. The number of carbonyl (C=O) groups excluding carboxylic acids is 1. The normalized spacial score (nSPS) is 19.4. The van der Waals surface area contributed by atoms with E-state index in [2.05, 4.69) is 15.1 Å². The zero-order chi connectivity index (χ0) is 17.6. The predicted molar refractivity (Wildman–Crippen MR) is 102 cm³/mol. The van der Waals surface area contributed by atoms with Crippen LogP contribution in [0.3, 0.4) is 0 Å². The zero-order valence-corrected chi connectivity index (χ0v) is 15.4. The first-order valence-corrected chi connectivity index (χ1v) is 9.64. The standard InChI is InChI=1S/C19H26FN3OS/c20-16-5-7-17(8-6-16)21-19(25)23-13-9-15(10-14-23)18(24)22-11-3-1-2-4-12-22/h5-8,15H,1-4,9-14H2,(H,21,25). The predicted octanol–water partition coefficient (Wildman–Crippen LogP) is 3.64. The van der Waals surface area contributed by atoms with Crippen molar-refractivity contribution in [3.8, 4) is 0 Å². The Hall–Kier alpha value is -1.69. The van der Waals surface area contributed by atoms with Gasteiger partial charge in [0.1, 0.15) is 5.82 Å². The van der Waals surface area contributed by atoms with Gasteiger partial charge in [0, 0.05) is 37.8 Å². The van der Waals surface area contributed by atoms with Gasteiger partial charge in [0.05, 0.1) is 0 Å². The second-order valence-electron chi connectivity index (χ2n) is 6.94. The molecule has 0 atom stereocenters. The second kappa shape index (κ2) is 8.61. The summed E-state index contributed by atoms with van der Waals surface area (Å²) in [5.41, 5.74) is 0.786. The lowest BCUT2D eigenvalue weighted by Crippen LogP contribution is -2.45. The minimum atomic E-state index is -0.260. The number of halogens is 1. The molecule has 2 heterocycles. The molecule has 136 valence electrons. The number of hydrogen-bond donors (Lipinski definition) is 1. The third-order valence-corrected chi connectivity index (χ3v) is 5.50. The average Bonchev–Trinajstić information content (AvgIpc) is 2.92. The highest BCUT2D eigenvalue weighted by molar-refractivity contribution is 7.80. The van der Waals surface area contributed by atoms with Gasteiger partial charge in [-0.3, -0.25) is 4.79 Å². The molecule has 1 amide bonds. The molecular formula is C19H26FN3OS. The zero-order valence-electron chi connectivity index (χ0n) is 14.5. The molecule has 3 rings (SSSR count). The van der Waals surface area contributed by atoms with Gasteiger partial charge >= 0.3 is 0 Å². The van der Waals surface area contributed by atoms with E-state index in [1.165, 1.54) is 25.0 Å². The van der Waals surface area contributed by atoms with Crippen molar-refractivity contribution in [3.63, 3.8) is 0 Å². The van der Waals surface area contributed by atoms with Gasteiger partial charge in [0.2, 0.25) is 5.91 Å². The number of hydrogen-bond acceptors (Lipinski definition) is 2. The van der Waals surface area contributed by atoms with Crippen LogP contribution >= 0.6 is 12.2 Å². The molecule has 25 heavy (non-hydrogen) atoms. The van der Waals surface area contributed by atoms with Gasteiger partial charge in [-0.2, -0.15) is 0 Å². The third-order valence-electron chi connectivity index (χ3n) is 5.14. The molecule has 2 saturated heterocycles. The second-order valence-corrected chi connectivity index (χ2v) is 7.32. The summed E-state index contributed by atoms with van der Waals surface area (Å²) in [6.45, 7) is 3.42. The van der Waals surface area contributed by atoms with Crippen molar-refractivity contribution in [2.45, 2.75) is 38.5 Å². The number of nitrogens with zero attached hydrogens (tertiary/aromatic N) is 2. The van der Waals surface area contributed by atoms with Crippen LogP contribution in [0.15, 0.2) is 24.3 Å². The van der Waals surface area contributed by atoms with E-state index in [4.69, 9.17) is 12.2 Å². The van der Waals surface area contributed by atoms with Crippen molar-refractivity contribution in [2.24, 2.45) is 5.92 Å². The van der Waals surface area contributed by atoms with Crippen LogP contribution in [0.1, 0.15) is 38.5 Å². The Morgan fingerprint density at radius 2 is 1.56 bits per heavy atom. The van der Waals surface area contributed by atoms with E-state index < -0.39 is 0 Å². The number of anilines is 1. The maximum atomic E-state index is 13.0. The van der Waals surface area contributed by atoms with Gasteiger partial charge in [-0.05, 0) is 62.2 Å². The first-order valence-electron chi connectivity index (χ1n) is 9.24. The quantitative estimate of drug-likeness (QED) is 0.814. The van der Waals surface area contributed by atoms with Crippen molar-refractivity contribution in [1.29, 1.82) is 0 Å². The van der Waals surface area contributed by atoms with Crippen molar-refractivity contribution in [1.82, 2.24) is 9.80 Å². The summed E-state index contributed by atoms with van der Waals surface area (Å²) in [6.07, 6.45) is 6.45. The molecule has 6 heteroatoms. The van der Waals surface area contributed by atoms with Crippen LogP contribution in [0, 0.1) is 11.7 Å². The minimum Gasteiger partial charge on any atom is -0.349 e. The molecule has 0 aromatic heterocycles. The van der Waals surface area contributed by atoms with Gasteiger partial charge in [-0.25, -0.2) is 4.39 Å². The molecule has 1 N–H and O–H groups in total. The van der Waals surface area contributed by atoms with E-state index in [9.17, 15) is 9.18 Å². The van der Waals surface area contributed by atoms with Crippen LogP contribution in [-0.4, -0.2) is 47.0 Å². The van der Waals surface area contributed by atoms with Crippen molar-refractivity contribution in [2.75, 3.05) is 31.5 Å². The third kappa shape index (κ3) is 4.91. The molecule has 0 aliphatic carbocycles. The summed E-state index contributed by atoms with van der Waals surface area (Å²) in [6, 6.07) is 6.18. The van der Waals surface area contributed by atoms with Crippen LogP contribution < -0.4 is 5.32 Å². The van der Waals surface area contributed by atoms with E-state index in [-0.39, 0.29) is 11.7 Å². The summed E-state index contributed by atoms with van der Waals surface area (Å²) in [5.74, 6) is 0.200. The van der Waals surface area contributed by atoms with Gasteiger partial charge in [-0.1, -0.05) is 12.8 Å². The summed E-state index contributed by atoms with van der Waals surface area (Å²) < 4.78 is 13.0. The Labute approximate surface area is 154 Å². The fourth-order valence-corrected chi connectivity index (χ4v) is 3.91. The van der Waals surface area contributed by atoms with Crippen LogP contribution in [0.4, 0.5) is 10.1 Å². The number of thiocarbonyl (C=S) groups is 1. The van der Waals surface area contributed by atoms with Crippen LogP contribution in [0.5, 0.6) is 0 Å². The number of rotatable bonds is 2. The van der Waals surface area contributed by atoms with Crippen LogP contribution in [0.25, 0.3) is 0 Å². The summed E-state index contributed by atoms with van der Waals surface area (Å²) in [5, 5.41) is 3.80. The number of amides is 1. The molecule has 0 unspecified atom stereocenters. The lowest BCUT2D eigenvalue weighted by Gasteiger charge is -2.35. The molecular weight excluding hydrogens is 337 g/mol. The summed E-state index contributed by atoms with van der Waals surface area (Å²) >= 11 is 5.46. The van der Waals surface area contributed by atoms with Crippen molar-refractivity contribution >= 4 is 28.9 Å². The highest BCUT2D eigenvalue weighted by Crippen LogP contribution is 2.22. The van der Waals surface area contributed by atoms with Crippen LogP contribution in [-0.2, 0) is 4.79 Å². The SMILES string of the molecule is O=C(C1CCN(C(=S)Nc2ccc(F)cc2)CC1)N1CCCCCC1. The molecule has 4 nitrogen and oxygen atoms in total. The largest absolute Gasteiger partial charge is 0.349 e. The number of carbonyl (C=O) groups is 1. The highest BCUT2D eigenvalue weighted by Gasteiger charge is 2.29. The van der Waals surface area contributed by atoms with Crippen molar-refractivity contribution in [3.05, 3.63) is 30.1 Å². The van der Waals surface area contributed by atoms with E-state index >= 15 is 0 Å². The lowest BCUT2D eigenvalue weighted by atomic mass is 9.95. The highest BCUT2D eigenvalue weighted by atomic mass is 32.1. The van der Waals surface area contributed by atoms with Crippen LogP contribution in [0.2, 0.25) is 0 Å². The van der Waals surface area contributed by atoms with Gasteiger partial charge < -0.3 is 15.1 Å². The average molecular weight is 364 g/mol. The molecule has 2 aliphatic rings. The topological polar surface area (TPSA) is 35.6 Å². The van der Waals surface area contributed by atoms with Gasteiger partial charge in [0.25, 0.3) is 0 Å². The summed E-state index contributed by atoms with van der Waals surface area (Å²) in [7, 11) is 0. The summed E-state index contributed by atoms with van der Waals surface area (Å²) in [4.78, 5) is 16.9. The first kappa shape index (κ1) is 18.1. The molecule has 0 radical (unpaired) electrons. The first-order chi connectivity index (χ1) is 12.1. The number of likely N-dealkylation sites (tertiary alicyclic amines) is 2. The lowest BCUT2D eigenvalue weighted by molar-refractivity contribution is -0.136. The smallest absolute Gasteiger partial charge is 0.225 e. The maximum absolute atomic E-state index is 13.0. The molecule has 1 aromatic rings. The van der Waals surface area contributed by atoms with Gasteiger partial charge in [0.15, 0.2) is 5.11 Å². The van der Waals surface area contributed by atoms with Gasteiger partial charge in [-0.15, -0.1) is 0 Å².